The lowest BCUT2D eigenvalue weighted by Gasteiger charge is -2.34. The molecule has 0 spiro atoms. The molecule has 0 fully saturated rings. The standard InChI is InChI=1S/C14H20O3/c1-14(2,16-3)9-10-8-12(15)11-6-4-5-7-13(11)17-10/h4-7,10,12,15H,8-9H2,1-3H3/t10?,12-/m1/s1. The number of aliphatic hydroxyl groups is 1. The van der Waals surface area contributed by atoms with Crippen LogP contribution in [0.3, 0.4) is 0 Å². The van der Waals surface area contributed by atoms with E-state index in [0.717, 1.165) is 17.7 Å². The van der Waals surface area contributed by atoms with Gasteiger partial charge in [-0.05, 0) is 19.9 Å². The zero-order valence-corrected chi connectivity index (χ0v) is 10.6. The Hall–Kier alpha value is -1.06. The summed E-state index contributed by atoms with van der Waals surface area (Å²) in [7, 11) is 1.70. The number of benzene rings is 1. The Morgan fingerprint density at radius 2 is 2.12 bits per heavy atom. The maximum Gasteiger partial charge on any atom is 0.125 e. The van der Waals surface area contributed by atoms with Gasteiger partial charge in [-0.2, -0.15) is 0 Å². The SMILES string of the molecule is COC(C)(C)CC1C[C@@H](O)c2ccccc2O1. The van der Waals surface area contributed by atoms with Crippen molar-refractivity contribution >= 4 is 0 Å². The summed E-state index contributed by atoms with van der Waals surface area (Å²) < 4.78 is 11.3. The van der Waals surface area contributed by atoms with E-state index in [4.69, 9.17) is 9.47 Å². The molecule has 0 amide bonds. The number of methoxy groups -OCH3 is 1. The minimum absolute atomic E-state index is 0.00912. The van der Waals surface area contributed by atoms with E-state index in [1.807, 2.05) is 38.1 Å². The van der Waals surface area contributed by atoms with Crippen LogP contribution < -0.4 is 4.74 Å². The average molecular weight is 236 g/mol. The fourth-order valence-corrected chi connectivity index (χ4v) is 2.22. The monoisotopic (exact) mass is 236 g/mol. The molecule has 1 N–H and O–H groups in total. The van der Waals surface area contributed by atoms with Gasteiger partial charge in [0.1, 0.15) is 11.9 Å². The van der Waals surface area contributed by atoms with Crippen LogP contribution >= 0.6 is 0 Å². The molecule has 1 unspecified atom stereocenters. The van der Waals surface area contributed by atoms with Crippen molar-refractivity contribution in [2.75, 3.05) is 7.11 Å². The van der Waals surface area contributed by atoms with Crippen molar-refractivity contribution in [3.63, 3.8) is 0 Å². The van der Waals surface area contributed by atoms with E-state index in [2.05, 4.69) is 0 Å². The summed E-state index contributed by atoms with van der Waals surface area (Å²) in [4.78, 5) is 0. The van der Waals surface area contributed by atoms with Gasteiger partial charge in [-0.3, -0.25) is 0 Å². The molecule has 3 nitrogen and oxygen atoms in total. The molecule has 17 heavy (non-hydrogen) atoms. The molecule has 3 heteroatoms. The van der Waals surface area contributed by atoms with E-state index in [-0.39, 0.29) is 11.7 Å². The molecule has 1 aromatic carbocycles. The first-order valence-corrected chi connectivity index (χ1v) is 6.00. The maximum atomic E-state index is 10.1. The van der Waals surface area contributed by atoms with Crippen molar-refractivity contribution in [3.8, 4) is 5.75 Å². The summed E-state index contributed by atoms with van der Waals surface area (Å²) in [6.07, 6.45) is 0.978. The summed E-state index contributed by atoms with van der Waals surface area (Å²) in [6, 6.07) is 7.67. The second-order valence-electron chi connectivity index (χ2n) is 5.20. The van der Waals surface area contributed by atoms with E-state index >= 15 is 0 Å². The number of hydrogen-bond donors (Lipinski definition) is 1. The molecule has 2 rings (SSSR count). The Morgan fingerprint density at radius 1 is 1.41 bits per heavy atom. The first-order valence-electron chi connectivity index (χ1n) is 6.00. The van der Waals surface area contributed by atoms with Crippen molar-refractivity contribution < 1.29 is 14.6 Å². The molecule has 0 aliphatic carbocycles. The highest BCUT2D eigenvalue weighted by Gasteiger charge is 2.31. The lowest BCUT2D eigenvalue weighted by Crippen LogP contribution is -2.35. The number of para-hydroxylation sites is 1. The van der Waals surface area contributed by atoms with Gasteiger partial charge in [-0.1, -0.05) is 18.2 Å². The molecule has 1 aliphatic heterocycles. The Balaban J connectivity index is 2.12. The third kappa shape index (κ3) is 2.79. The van der Waals surface area contributed by atoms with Crippen LogP contribution in [-0.2, 0) is 4.74 Å². The Bertz CT molecular complexity index is 387. The normalized spacial score (nSPS) is 24.0. The summed E-state index contributed by atoms with van der Waals surface area (Å²) in [5.41, 5.74) is 0.662. The third-order valence-electron chi connectivity index (χ3n) is 3.33. The van der Waals surface area contributed by atoms with Gasteiger partial charge in [-0.15, -0.1) is 0 Å². The highest BCUT2D eigenvalue weighted by atomic mass is 16.5. The van der Waals surface area contributed by atoms with Crippen LogP contribution in [0, 0.1) is 0 Å². The zero-order valence-electron chi connectivity index (χ0n) is 10.6. The summed E-state index contributed by atoms with van der Waals surface area (Å²) in [5.74, 6) is 0.795. The van der Waals surface area contributed by atoms with Gasteiger partial charge in [0.2, 0.25) is 0 Å². The van der Waals surface area contributed by atoms with E-state index in [0.29, 0.717) is 6.42 Å². The van der Waals surface area contributed by atoms with Gasteiger partial charge in [0.25, 0.3) is 0 Å². The largest absolute Gasteiger partial charge is 0.490 e. The fraction of sp³-hybridized carbons (Fsp3) is 0.571. The van der Waals surface area contributed by atoms with Crippen LogP contribution in [0.25, 0.3) is 0 Å². The highest BCUT2D eigenvalue weighted by Crippen LogP contribution is 2.36. The van der Waals surface area contributed by atoms with Crippen molar-refractivity contribution in [1.29, 1.82) is 0 Å². The van der Waals surface area contributed by atoms with Crippen molar-refractivity contribution in [2.45, 2.75) is 44.5 Å². The molecule has 0 aromatic heterocycles. The second kappa shape index (κ2) is 4.67. The number of rotatable bonds is 3. The number of hydrogen-bond acceptors (Lipinski definition) is 3. The van der Waals surface area contributed by atoms with Crippen LogP contribution in [0.15, 0.2) is 24.3 Å². The van der Waals surface area contributed by atoms with E-state index in [9.17, 15) is 5.11 Å². The lowest BCUT2D eigenvalue weighted by atomic mass is 9.92. The molecule has 1 heterocycles. The van der Waals surface area contributed by atoms with Crippen molar-refractivity contribution in [2.24, 2.45) is 0 Å². The van der Waals surface area contributed by atoms with Crippen LogP contribution in [0.1, 0.15) is 38.4 Å². The van der Waals surface area contributed by atoms with Gasteiger partial charge in [0.15, 0.2) is 0 Å². The topological polar surface area (TPSA) is 38.7 Å². The average Bonchev–Trinajstić information content (AvgIpc) is 2.28. The van der Waals surface area contributed by atoms with Crippen LogP contribution in [0.4, 0.5) is 0 Å². The minimum atomic E-state index is -0.433. The molecule has 0 saturated heterocycles. The van der Waals surface area contributed by atoms with E-state index in [1.54, 1.807) is 7.11 Å². The molecule has 2 atom stereocenters. The maximum absolute atomic E-state index is 10.1. The molecular formula is C14H20O3. The Labute approximate surface area is 102 Å². The lowest BCUT2D eigenvalue weighted by molar-refractivity contribution is -0.0311. The Kier molecular flexibility index (Phi) is 3.40. The van der Waals surface area contributed by atoms with Gasteiger partial charge >= 0.3 is 0 Å². The first kappa shape index (κ1) is 12.4. The smallest absolute Gasteiger partial charge is 0.125 e. The fourth-order valence-electron chi connectivity index (χ4n) is 2.22. The Morgan fingerprint density at radius 3 is 2.82 bits per heavy atom. The van der Waals surface area contributed by atoms with E-state index < -0.39 is 6.10 Å². The number of aliphatic hydroxyl groups excluding tert-OH is 1. The molecule has 0 saturated carbocycles. The first-order chi connectivity index (χ1) is 8.02. The number of fused-ring (bicyclic) bond motifs is 1. The second-order valence-corrected chi connectivity index (χ2v) is 5.20. The quantitative estimate of drug-likeness (QED) is 0.877. The van der Waals surface area contributed by atoms with Gasteiger partial charge in [0.05, 0.1) is 11.7 Å². The predicted molar refractivity (Wildman–Crippen MR) is 66.1 cm³/mol. The predicted octanol–water partition coefficient (Wildman–Crippen LogP) is 2.69. The zero-order chi connectivity index (χ0) is 12.5. The highest BCUT2D eigenvalue weighted by molar-refractivity contribution is 5.36. The van der Waals surface area contributed by atoms with Crippen LogP contribution in [-0.4, -0.2) is 23.9 Å². The van der Waals surface area contributed by atoms with E-state index in [1.165, 1.54) is 0 Å². The summed E-state index contributed by atoms with van der Waals surface area (Å²) in [6.45, 7) is 4.06. The van der Waals surface area contributed by atoms with Crippen LogP contribution in [0.5, 0.6) is 5.75 Å². The van der Waals surface area contributed by atoms with Crippen LogP contribution in [0.2, 0.25) is 0 Å². The number of ether oxygens (including phenoxy) is 2. The summed E-state index contributed by atoms with van der Waals surface area (Å²) >= 11 is 0. The molecule has 0 bridgehead atoms. The third-order valence-corrected chi connectivity index (χ3v) is 3.33. The minimum Gasteiger partial charge on any atom is -0.490 e. The van der Waals surface area contributed by atoms with Crippen molar-refractivity contribution in [1.82, 2.24) is 0 Å². The molecule has 1 aliphatic rings. The van der Waals surface area contributed by atoms with Gasteiger partial charge in [0, 0.05) is 25.5 Å². The summed E-state index contributed by atoms with van der Waals surface area (Å²) in [5, 5.41) is 10.1. The molecular weight excluding hydrogens is 216 g/mol. The molecule has 0 radical (unpaired) electrons. The van der Waals surface area contributed by atoms with Crippen molar-refractivity contribution in [3.05, 3.63) is 29.8 Å². The molecule has 1 aromatic rings. The molecule has 94 valence electrons. The van der Waals surface area contributed by atoms with Gasteiger partial charge in [-0.25, -0.2) is 0 Å². The van der Waals surface area contributed by atoms with Gasteiger partial charge < -0.3 is 14.6 Å².